The molecule has 2 nitrogen and oxygen atoms in total. The summed E-state index contributed by atoms with van der Waals surface area (Å²) in [6.07, 6.45) is 3.07. The van der Waals surface area contributed by atoms with Gasteiger partial charge in [0.2, 0.25) is 0 Å². The SMILES string of the molecule is NCCCN1c2ccccc2CCc2cc(Cl)ccc21. The fraction of sp³-hybridized carbons (Fsp3) is 0.294. The van der Waals surface area contributed by atoms with Gasteiger partial charge < -0.3 is 10.6 Å². The molecular formula is C17H19ClN2. The number of hydrogen-bond donors (Lipinski definition) is 1. The molecule has 0 atom stereocenters. The van der Waals surface area contributed by atoms with Gasteiger partial charge in [0, 0.05) is 22.9 Å². The fourth-order valence-electron chi connectivity index (χ4n) is 2.89. The van der Waals surface area contributed by atoms with Crippen LogP contribution in [0.4, 0.5) is 11.4 Å². The number of benzene rings is 2. The number of rotatable bonds is 3. The first-order valence-corrected chi connectivity index (χ1v) is 7.51. The molecule has 1 heterocycles. The van der Waals surface area contributed by atoms with Crippen LogP contribution in [0, 0.1) is 0 Å². The van der Waals surface area contributed by atoms with Gasteiger partial charge in [-0.05, 0) is 61.2 Å². The van der Waals surface area contributed by atoms with Gasteiger partial charge in [-0.2, -0.15) is 0 Å². The lowest BCUT2D eigenvalue weighted by Crippen LogP contribution is -2.21. The Morgan fingerprint density at radius 3 is 2.60 bits per heavy atom. The van der Waals surface area contributed by atoms with Gasteiger partial charge in [-0.25, -0.2) is 0 Å². The van der Waals surface area contributed by atoms with Crippen molar-refractivity contribution in [1.82, 2.24) is 0 Å². The number of halogens is 1. The Kier molecular flexibility index (Phi) is 3.95. The molecular weight excluding hydrogens is 268 g/mol. The second-order valence-electron chi connectivity index (χ2n) is 5.20. The zero-order valence-corrected chi connectivity index (χ0v) is 12.2. The maximum atomic E-state index is 6.15. The lowest BCUT2D eigenvalue weighted by atomic mass is 10.0. The molecule has 0 aliphatic carbocycles. The quantitative estimate of drug-likeness (QED) is 0.926. The minimum atomic E-state index is 0.710. The smallest absolute Gasteiger partial charge is 0.0444 e. The van der Waals surface area contributed by atoms with Crippen molar-refractivity contribution >= 4 is 23.0 Å². The summed E-state index contributed by atoms with van der Waals surface area (Å²) < 4.78 is 0. The lowest BCUT2D eigenvalue weighted by molar-refractivity contribution is 0.816. The van der Waals surface area contributed by atoms with Gasteiger partial charge in [0.15, 0.2) is 0 Å². The molecule has 1 aliphatic heterocycles. The van der Waals surface area contributed by atoms with Gasteiger partial charge in [0.05, 0.1) is 0 Å². The van der Waals surface area contributed by atoms with Crippen molar-refractivity contribution in [3.63, 3.8) is 0 Å². The first-order valence-electron chi connectivity index (χ1n) is 7.13. The highest BCUT2D eigenvalue weighted by atomic mass is 35.5. The molecule has 3 heteroatoms. The van der Waals surface area contributed by atoms with E-state index in [2.05, 4.69) is 41.3 Å². The van der Waals surface area contributed by atoms with Crippen LogP contribution >= 0.6 is 11.6 Å². The number of anilines is 2. The summed E-state index contributed by atoms with van der Waals surface area (Å²) in [5, 5.41) is 0.813. The van der Waals surface area contributed by atoms with Crippen molar-refractivity contribution in [1.29, 1.82) is 0 Å². The molecule has 0 amide bonds. The molecule has 0 unspecified atom stereocenters. The third-order valence-electron chi connectivity index (χ3n) is 3.86. The Morgan fingerprint density at radius 1 is 1.00 bits per heavy atom. The maximum absolute atomic E-state index is 6.15. The predicted octanol–water partition coefficient (Wildman–Crippen LogP) is 3.93. The monoisotopic (exact) mass is 286 g/mol. The number of nitrogens with two attached hydrogens (primary N) is 1. The van der Waals surface area contributed by atoms with Crippen molar-refractivity contribution in [2.45, 2.75) is 19.3 Å². The molecule has 2 N–H and O–H groups in total. The largest absolute Gasteiger partial charge is 0.341 e. The van der Waals surface area contributed by atoms with Gasteiger partial charge in [-0.15, -0.1) is 0 Å². The van der Waals surface area contributed by atoms with Crippen LogP contribution < -0.4 is 10.6 Å². The molecule has 0 radical (unpaired) electrons. The first kappa shape index (κ1) is 13.5. The third-order valence-corrected chi connectivity index (χ3v) is 4.10. The minimum Gasteiger partial charge on any atom is -0.341 e. The highest BCUT2D eigenvalue weighted by Crippen LogP contribution is 2.37. The van der Waals surface area contributed by atoms with E-state index < -0.39 is 0 Å². The second-order valence-corrected chi connectivity index (χ2v) is 5.63. The van der Waals surface area contributed by atoms with Gasteiger partial charge in [0.25, 0.3) is 0 Å². The van der Waals surface area contributed by atoms with Crippen LogP contribution in [0.25, 0.3) is 0 Å². The van der Waals surface area contributed by atoms with Crippen LogP contribution in [0.5, 0.6) is 0 Å². The van der Waals surface area contributed by atoms with Crippen LogP contribution in [0.3, 0.4) is 0 Å². The third kappa shape index (κ3) is 2.54. The van der Waals surface area contributed by atoms with Gasteiger partial charge in [0.1, 0.15) is 0 Å². The molecule has 0 bridgehead atoms. The zero-order valence-electron chi connectivity index (χ0n) is 11.5. The van der Waals surface area contributed by atoms with Crippen LogP contribution in [0.15, 0.2) is 42.5 Å². The van der Waals surface area contributed by atoms with Crippen LogP contribution in [0.1, 0.15) is 17.5 Å². The lowest BCUT2D eigenvalue weighted by Gasteiger charge is -2.27. The minimum absolute atomic E-state index is 0.710. The van der Waals surface area contributed by atoms with Crippen molar-refractivity contribution in [2.24, 2.45) is 5.73 Å². The average Bonchev–Trinajstić information content (AvgIpc) is 2.62. The number of para-hydroxylation sites is 1. The molecule has 3 rings (SSSR count). The predicted molar refractivity (Wildman–Crippen MR) is 86.0 cm³/mol. The zero-order chi connectivity index (χ0) is 13.9. The van der Waals surface area contributed by atoms with Crippen molar-refractivity contribution in [3.8, 4) is 0 Å². The number of nitrogens with zero attached hydrogens (tertiary/aromatic N) is 1. The Bertz CT molecular complexity index is 610. The van der Waals surface area contributed by atoms with Crippen molar-refractivity contribution in [2.75, 3.05) is 18.0 Å². The topological polar surface area (TPSA) is 29.3 Å². The van der Waals surface area contributed by atoms with Crippen LogP contribution in [-0.4, -0.2) is 13.1 Å². The Balaban J connectivity index is 2.09. The van der Waals surface area contributed by atoms with E-state index in [1.165, 1.54) is 22.5 Å². The molecule has 0 fully saturated rings. The Morgan fingerprint density at radius 2 is 1.75 bits per heavy atom. The Labute approximate surface area is 125 Å². The van der Waals surface area contributed by atoms with E-state index in [4.69, 9.17) is 17.3 Å². The van der Waals surface area contributed by atoms with E-state index in [1.807, 2.05) is 6.07 Å². The summed E-state index contributed by atoms with van der Waals surface area (Å²) in [5.74, 6) is 0. The summed E-state index contributed by atoms with van der Waals surface area (Å²) in [7, 11) is 0. The highest BCUT2D eigenvalue weighted by Gasteiger charge is 2.19. The number of fused-ring (bicyclic) bond motifs is 2. The van der Waals surface area contributed by atoms with Crippen molar-refractivity contribution < 1.29 is 0 Å². The summed E-state index contributed by atoms with van der Waals surface area (Å²) >= 11 is 6.15. The average molecular weight is 287 g/mol. The molecule has 2 aromatic rings. The molecule has 104 valence electrons. The van der Waals surface area contributed by atoms with E-state index in [9.17, 15) is 0 Å². The van der Waals surface area contributed by atoms with Gasteiger partial charge >= 0.3 is 0 Å². The van der Waals surface area contributed by atoms with Crippen LogP contribution in [-0.2, 0) is 12.8 Å². The summed E-state index contributed by atoms with van der Waals surface area (Å²) in [4.78, 5) is 2.39. The second kappa shape index (κ2) is 5.86. The van der Waals surface area contributed by atoms with E-state index in [0.717, 1.165) is 30.8 Å². The molecule has 20 heavy (non-hydrogen) atoms. The standard InChI is InChI=1S/C17H19ClN2/c18-15-8-9-17-14(12-15)7-6-13-4-1-2-5-16(13)20(17)11-3-10-19/h1-2,4-5,8-9,12H,3,6-7,10-11,19H2. The summed E-state index contributed by atoms with van der Waals surface area (Å²) in [5.41, 5.74) is 11.0. The van der Waals surface area contributed by atoms with Gasteiger partial charge in [-0.1, -0.05) is 29.8 Å². The van der Waals surface area contributed by atoms with Crippen LogP contribution in [0.2, 0.25) is 5.02 Å². The molecule has 2 aromatic carbocycles. The highest BCUT2D eigenvalue weighted by molar-refractivity contribution is 6.30. The molecule has 0 aromatic heterocycles. The molecule has 0 saturated heterocycles. The van der Waals surface area contributed by atoms with E-state index in [0.29, 0.717) is 6.54 Å². The van der Waals surface area contributed by atoms with E-state index in [-0.39, 0.29) is 0 Å². The summed E-state index contributed by atoms with van der Waals surface area (Å²) in [6.45, 7) is 1.66. The molecule has 0 spiro atoms. The maximum Gasteiger partial charge on any atom is 0.0444 e. The van der Waals surface area contributed by atoms with Crippen molar-refractivity contribution in [3.05, 3.63) is 58.6 Å². The van der Waals surface area contributed by atoms with Gasteiger partial charge in [-0.3, -0.25) is 0 Å². The normalized spacial score (nSPS) is 13.6. The molecule has 1 aliphatic rings. The summed E-state index contributed by atoms with van der Waals surface area (Å²) in [6, 6.07) is 14.9. The fourth-order valence-corrected chi connectivity index (χ4v) is 3.09. The Hall–Kier alpha value is -1.51. The van der Waals surface area contributed by atoms with E-state index in [1.54, 1.807) is 0 Å². The number of hydrogen-bond acceptors (Lipinski definition) is 2. The first-order chi connectivity index (χ1) is 9.79. The molecule has 0 saturated carbocycles. The number of aryl methyl sites for hydroxylation is 2. The van der Waals surface area contributed by atoms with E-state index >= 15 is 0 Å².